The maximum atomic E-state index is 12.0. The van der Waals surface area contributed by atoms with Crippen molar-refractivity contribution in [3.05, 3.63) is 23.8 Å². The van der Waals surface area contributed by atoms with Gasteiger partial charge in [-0.05, 0) is 30.9 Å². The van der Waals surface area contributed by atoms with Gasteiger partial charge in [-0.1, -0.05) is 49.2 Å². The van der Waals surface area contributed by atoms with Gasteiger partial charge in [0.2, 0.25) is 5.91 Å². The zero-order valence-corrected chi connectivity index (χ0v) is 12.6. The average Bonchev–Trinajstić information content (AvgIpc) is 3.05. The van der Waals surface area contributed by atoms with Crippen LogP contribution >= 0.6 is 11.3 Å². The summed E-state index contributed by atoms with van der Waals surface area (Å²) in [6, 6.07) is 6.13. The van der Waals surface area contributed by atoms with E-state index in [4.69, 9.17) is 0 Å². The molecule has 1 aromatic carbocycles. The molecular weight excluding hydrogens is 268 g/mol. The predicted molar refractivity (Wildman–Crippen MR) is 84.2 cm³/mol. The Morgan fingerprint density at radius 1 is 1.40 bits per heavy atom. The van der Waals surface area contributed by atoms with E-state index < -0.39 is 0 Å². The monoisotopic (exact) mass is 288 g/mol. The van der Waals surface area contributed by atoms with Crippen LogP contribution < -0.4 is 5.32 Å². The first-order valence-electron chi connectivity index (χ1n) is 7.38. The zero-order valence-electron chi connectivity index (χ0n) is 11.8. The number of amides is 1. The van der Waals surface area contributed by atoms with Crippen LogP contribution in [-0.2, 0) is 4.79 Å². The van der Waals surface area contributed by atoms with Gasteiger partial charge in [-0.25, -0.2) is 4.98 Å². The number of thiazole rings is 1. The number of para-hydroxylation sites is 1. The Morgan fingerprint density at radius 2 is 2.20 bits per heavy atom. The third-order valence-corrected chi connectivity index (χ3v) is 5.06. The minimum atomic E-state index is 0.105. The maximum Gasteiger partial charge on any atom is 0.226 e. The molecule has 1 heterocycles. The molecule has 1 aliphatic rings. The lowest BCUT2D eigenvalue weighted by molar-refractivity contribution is -0.116. The summed E-state index contributed by atoms with van der Waals surface area (Å²) >= 11 is 1.55. The van der Waals surface area contributed by atoms with E-state index in [2.05, 4.69) is 10.3 Å². The Labute approximate surface area is 123 Å². The van der Waals surface area contributed by atoms with Crippen LogP contribution in [0, 0.1) is 12.8 Å². The minimum Gasteiger partial charge on any atom is -0.302 e. The number of fused-ring (bicyclic) bond motifs is 1. The molecule has 4 heteroatoms. The topological polar surface area (TPSA) is 42.0 Å². The molecular formula is C16H20N2OS. The fourth-order valence-corrected chi connectivity index (χ4v) is 3.92. The highest BCUT2D eigenvalue weighted by atomic mass is 32.1. The van der Waals surface area contributed by atoms with Crippen LogP contribution in [0.5, 0.6) is 0 Å². The van der Waals surface area contributed by atoms with Crippen LogP contribution in [0.3, 0.4) is 0 Å². The molecule has 0 spiro atoms. The van der Waals surface area contributed by atoms with Crippen molar-refractivity contribution in [3.8, 4) is 0 Å². The predicted octanol–water partition coefficient (Wildman–Crippen LogP) is 4.51. The van der Waals surface area contributed by atoms with Crippen LogP contribution in [0.25, 0.3) is 10.2 Å². The smallest absolute Gasteiger partial charge is 0.226 e. The Morgan fingerprint density at radius 3 is 2.95 bits per heavy atom. The van der Waals surface area contributed by atoms with Gasteiger partial charge in [0, 0.05) is 6.42 Å². The number of anilines is 1. The first kappa shape index (κ1) is 13.6. The fraction of sp³-hybridized carbons (Fsp3) is 0.500. The van der Waals surface area contributed by atoms with Crippen molar-refractivity contribution in [2.75, 3.05) is 5.32 Å². The molecule has 0 saturated heterocycles. The molecule has 0 unspecified atom stereocenters. The van der Waals surface area contributed by atoms with Crippen molar-refractivity contribution in [1.29, 1.82) is 0 Å². The van der Waals surface area contributed by atoms with Crippen molar-refractivity contribution in [3.63, 3.8) is 0 Å². The van der Waals surface area contributed by atoms with Gasteiger partial charge in [0.15, 0.2) is 5.13 Å². The lowest BCUT2D eigenvalue weighted by Crippen LogP contribution is -2.12. The fourth-order valence-electron chi connectivity index (χ4n) is 2.96. The highest BCUT2D eigenvalue weighted by Gasteiger charge is 2.16. The Kier molecular flexibility index (Phi) is 4.01. The molecule has 1 amide bonds. The summed E-state index contributed by atoms with van der Waals surface area (Å²) in [6.45, 7) is 2.05. The average molecular weight is 288 g/mol. The number of rotatable bonds is 4. The third-order valence-electron chi connectivity index (χ3n) is 4.12. The number of aromatic nitrogens is 1. The van der Waals surface area contributed by atoms with Crippen molar-refractivity contribution in [2.24, 2.45) is 5.92 Å². The molecule has 0 radical (unpaired) electrons. The first-order chi connectivity index (χ1) is 9.72. The number of aryl methyl sites for hydroxylation is 1. The lowest BCUT2D eigenvalue weighted by Gasteiger charge is -2.07. The molecule has 0 bridgehead atoms. The van der Waals surface area contributed by atoms with Crippen molar-refractivity contribution >= 4 is 32.6 Å². The first-order valence-corrected chi connectivity index (χ1v) is 8.20. The molecule has 20 heavy (non-hydrogen) atoms. The molecule has 0 atom stereocenters. The highest BCUT2D eigenvalue weighted by Crippen LogP contribution is 2.30. The SMILES string of the molecule is Cc1cccc2sc(NC(=O)CCC3CCCC3)nc12. The maximum absolute atomic E-state index is 12.0. The quantitative estimate of drug-likeness (QED) is 0.899. The Balaban J connectivity index is 1.60. The van der Waals surface area contributed by atoms with Crippen molar-refractivity contribution in [2.45, 2.75) is 45.4 Å². The van der Waals surface area contributed by atoms with Gasteiger partial charge < -0.3 is 5.32 Å². The summed E-state index contributed by atoms with van der Waals surface area (Å²) < 4.78 is 1.14. The number of nitrogens with zero attached hydrogens (tertiary/aromatic N) is 1. The van der Waals surface area contributed by atoms with Crippen LogP contribution in [-0.4, -0.2) is 10.9 Å². The number of hydrogen-bond acceptors (Lipinski definition) is 3. The van der Waals surface area contributed by atoms with E-state index in [1.54, 1.807) is 11.3 Å². The number of hydrogen-bond donors (Lipinski definition) is 1. The van der Waals surface area contributed by atoms with E-state index in [0.717, 1.165) is 33.3 Å². The number of carbonyl (C=O) groups is 1. The summed E-state index contributed by atoms with van der Waals surface area (Å²) in [4.78, 5) is 16.5. The number of benzene rings is 1. The standard InChI is InChI=1S/C16H20N2OS/c1-11-5-4-8-13-15(11)18-16(20-13)17-14(19)10-9-12-6-2-3-7-12/h4-5,8,12H,2-3,6-7,9-10H2,1H3,(H,17,18,19). The van der Waals surface area contributed by atoms with Gasteiger partial charge in [0.1, 0.15) is 0 Å². The van der Waals surface area contributed by atoms with E-state index >= 15 is 0 Å². The summed E-state index contributed by atoms with van der Waals surface area (Å²) in [5, 5.41) is 3.68. The van der Waals surface area contributed by atoms with E-state index in [1.165, 1.54) is 25.7 Å². The van der Waals surface area contributed by atoms with Gasteiger partial charge in [0.25, 0.3) is 0 Å². The molecule has 1 fully saturated rings. The van der Waals surface area contributed by atoms with E-state index in [0.29, 0.717) is 6.42 Å². The molecule has 1 saturated carbocycles. The van der Waals surface area contributed by atoms with Crippen LogP contribution in [0.1, 0.15) is 44.1 Å². The van der Waals surface area contributed by atoms with Crippen molar-refractivity contribution in [1.82, 2.24) is 4.98 Å². The van der Waals surface area contributed by atoms with E-state index in [9.17, 15) is 4.79 Å². The van der Waals surface area contributed by atoms with E-state index in [1.807, 2.05) is 25.1 Å². The Hall–Kier alpha value is -1.42. The summed E-state index contributed by atoms with van der Waals surface area (Å²) in [7, 11) is 0. The largest absolute Gasteiger partial charge is 0.302 e. The molecule has 3 rings (SSSR count). The summed E-state index contributed by atoms with van der Waals surface area (Å²) in [5.41, 5.74) is 2.16. The minimum absolute atomic E-state index is 0.105. The van der Waals surface area contributed by atoms with Crippen LogP contribution in [0.15, 0.2) is 18.2 Å². The second-order valence-electron chi connectivity index (χ2n) is 5.68. The normalized spacial score (nSPS) is 15.8. The number of nitrogens with one attached hydrogen (secondary N) is 1. The molecule has 1 N–H and O–H groups in total. The Bertz CT molecular complexity index is 614. The van der Waals surface area contributed by atoms with Gasteiger partial charge in [-0.3, -0.25) is 4.79 Å². The van der Waals surface area contributed by atoms with Gasteiger partial charge >= 0.3 is 0 Å². The van der Waals surface area contributed by atoms with Crippen molar-refractivity contribution < 1.29 is 4.79 Å². The second-order valence-corrected chi connectivity index (χ2v) is 6.71. The molecule has 3 nitrogen and oxygen atoms in total. The van der Waals surface area contributed by atoms with Crippen LogP contribution in [0.2, 0.25) is 0 Å². The van der Waals surface area contributed by atoms with Gasteiger partial charge in [-0.15, -0.1) is 0 Å². The number of carbonyl (C=O) groups excluding carboxylic acids is 1. The molecule has 106 valence electrons. The second kappa shape index (κ2) is 5.92. The van der Waals surface area contributed by atoms with Crippen LogP contribution in [0.4, 0.5) is 5.13 Å². The van der Waals surface area contributed by atoms with E-state index in [-0.39, 0.29) is 5.91 Å². The molecule has 0 aliphatic heterocycles. The third kappa shape index (κ3) is 3.01. The zero-order chi connectivity index (χ0) is 13.9. The summed E-state index contributed by atoms with van der Waals surface area (Å²) in [5.74, 6) is 0.868. The summed E-state index contributed by atoms with van der Waals surface area (Å²) in [6.07, 6.45) is 6.92. The highest BCUT2D eigenvalue weighted by molar-refractivity contribution is 7.22. The van der Waals surface area contributed by atoms with Gasteiger partial charge in [0.05, 0.1) is 10.2 Å². The molecule has 2 aromatic rings. The molecule has 1 aliphatic carbocycles. The molecule has 1 aromatic heterocycles. The lowest BCUT2D eigenvalue weighted by atomic mass is 10.0. The van der Waals surface area contributed by atoms with Gasteiger partial charge in [-0.2, -0.15) is 0 Å².